The van der Waals surface area contributed by atoms with Gasteiger partial charge in [0.05, 0.1) is 19.8 Å². The van der Waals surface area contributed by atoms with Crippen LogP contribution in [-0.4, -0.2) is 80.6 Å². The van der Waals surface area contributed by atoms with Crippen LogP contribution in [0.4, 0.5) is 0 Å². The molecule has 2 fully saturated rings. The number of ether oxygens (including phenoxy) is 2. The maximum Gasteiger partial charge on any atom is 0.405 e. The number of nitrogens with one attached hydrogen (secondary N) is 1. The van der Waals surface area contributed by atoms with Crippen molar-refractivity contribution >= 4 is 7.75 Å². The summed E-state index contributed by atoms with van der Waals surface area (Å²) in [5.41, 5.74) is -1.44. The number of H-pyrrole nitrogens is 1. The van der Waals surface area contributed by atoms with Gasteiger partial charge in [-0.25, -0.2) is 14.0 Å². The lowest BCUT2D eigenvalue weighted by atomic mass is 10.1. The summed E-state index contributed by atoms with van der Waals surface area (Å²) in [5.74, 6) is 0. The molecule has 0 spiro atoms. The molecule has 2 saturated heterocycles. The zero-order valence-corrected chi connectivity index (χ0v) is 14.5. The van der Waals surface area contributed by atoms with E-state index in [1.165, 1.54) is 4.67 Å². The average Bonchev–Trinajstić information content (AvgIpc) is 2.89. The molecular formula is C13H20N3O9P. The lowest BCUT2D eigenvalue weighted by molar-refractivity contribution is -0.0545. The summed E-state index contributed by atoms with van der Waals surface area (Å²) in [6, 6.07) is 1.06. The van der Waals surface area contributed by atoms with Crippen molar-refractivity contribution in [1.29, 1.82) is 0 Å². The average molecular weight is 393 g/mol. The van der Waals surface area contributed by atoms with Crippen molar-refractivity contribution in [3.05, 3.63) is 33.1 Å². The molecule has 12 nitrogen and oxygen atoms in total. The number of rotatable bonds is 5. The lowest BCUT2D eigenvalue weighted by Crippen LogP contribution is -2.38. The summed E-state index contributed by atoms with van der Waals surface area (Å²) in [4.78, 5) is 35.0. The quantitative estimate of drug-likeness (QED) is 0.397. The maximum atomic E-state index is 12.3. The van der Waals surface area contributed by atoms with Crippen LogP contribution in [0.25, 0.3) is 0 Å². The number of hydrogen-bond acceptors (Lipinski definition) is 8. The number of aliphatic hydroxyl groups excluding tert-OH is 2. The molecule has 3 rings (SSSR count). The molecule has 2 aliphatic heterocycles. The summed E-state index contributed by atoms with van der Waals surface area (Å²) >= 11 is 0. The highest BCUT2D eigenvalue weighted by Crippen LogP contribution is 2.47. The minimum absolute atomic E-state index is 0.222. The molecule has 5 atom stereocenters. The summed E-state index contributed by atoms with van der Waals surface area (Å²) in [5, 5.41) is 20.2. The smallest absolute Gasteiger partial charge is 0.387 e. The van der Waals surface area contributed by atoms with Gasteiger partial charge in [0.15, 0.2) is 6.23 Å². The Morgan fingerprint density at radius 3 is 2.62 bits per heavy atom. The van der Waals surface area contributed by atoms with Crippen LogP contribution in [0.1, 0.15) is 6.23 Å². The van der Waals surface area contributed by atoms with Gasteiger partial charge < -0.3 is 24.6 Å². The number of morpholine rings is 1. The Morgan fingerprint density at radius 1 is 1.27 bits per heavy atom. The summed E-state index contributed by atoms with van der Waals surface area (Å²) < 4.78 is 30.0. The SMILES string of the molecule is O=c1ccn([C@@H]2O[C@H](COP(=O)(O)N3CCOCC3)C(O)[C@@H]2O)c(=O)[nH]1. The largest absolute Gasteiger partial charge is 0.405 e. The normalized spacial score (nSPS) is 32.4. The van der Waals surface area contributed by atoms with E-state index in [0.717, 1.165) is 16.8 Å². The highest BCUT2D eigenvalue weighted by Gasteiger charge is 2.45. The van der Waals surface area contributed by atoms with Crippen LogP contribution in [0.3, 0.4) is 0 Å². The van der Waals surface area contributed by atoms with Crippen LogP contribution in [0.2, 0.25) is 0 Å². The van der Waals surface area contributed by atoms with Gasteiger partial charge in [-0.2, -0.15) is 0 Å². The fraction of sp³-hybridized carbons (Fsp3) is 0.692. The van der Waals surface area contributed by atoms with Crippen molar-refractivity contribution < 1.29 is 33.7 Å². The Hall–Kier alpha value is -1.37. The predicted molar refractivity (Wildman–Crippen MR) is 85.4 cm³/mol. The Bertz CT molecular complexity index is 790. The van der Waals surface area contributed by atoms with Crippen LogP contribution >= 0.6 is 7.75 Å². The zero-order valence-electron chi connectivity index (χ0n) is 13.6. The van der Waals surface area contributed by atoms with E-state index in [2.05, 4.69) is 0 Å². The molecule has 2 unspecified atom stereocenters. The van der Waals surface area contributed by atoms with Gasteiger partial charge in [-0.1, -0.05) is 0 Å². The van der Waals surface area contributed by atoms with E-state index in [9.17, 15) is 29.3 Å². The number of aromatic nitrogens is 2. The van der Waals surface area contributed by atoms with Crippen molar-refractivity contribution in [2.45, 2.75) is 24.5 Å². The molecule has 13 heteroatoms. The molecule has 0 radical (unpaired) electrons. The van der Waals surface area contributed by atoms with Crippen LogP contribution in [0.5, 0.6) is 0 Å². The number of aliphatic hydroxyl groups is 2. The van der Waals surface area contributed by atoms with Crippen molar-refractivity contribution in [2.75, 3.05) is 32.9 Å². The van der Waals surface area contributed by atoms with E-state index >= 15 is 0 Å². The fourth-order valence-electron chi connectivity index (χ4n) is 2.78. The van der Waals surface area contributed by atoms with Crippen molar-refractivity contribution in [3.63, 3.8) is 0 Å². The van der Waals surface area contributed by atoms with Gasteiger partial charge >= 0.3 is 13.4 Å². The van der Waals surface area contributed by atoms with Crippen LogP contribution in [-0.2, 0) is 18.6 Å². The van der Waals surface area contributed by atoms with Gasteiger partial charge in [0.1, 0.15) is 18.3 Å². The minimum atomic E-state index is -4.11. The molecule has 0 bridgehead atoms. The van der Waals surface area contributed by atoms with Gasteiger partial charge in [-0.3, -0.25) is 18.9 Å². The molecule has 0 amide bonds. The number of aromatic amines is 1. The van der Waals surface area contributed by atoms with E-state index in [1.54, 1.807) is 0 Å². The van der Waals surface area contributed by atoms with Gasteiger partial charge in [-0.05, 0) is 0 Å². The van der Waals surface area contributed by atoms with E-state index in [0.29, 0.717) is 13.2 Å². The van der Waals surface area contributed by atoms with Crippen molar-refractivity contribution in [3.8, 4) is 0 Å². The Balaban J connectivity index is 1.67. The Kier molecular flexibility index (Phi) is 5.75. The molecule has 4 N–H and O–H groups in total. The van der Waals surface area contributed by atoms with E-state index < -0.39 is 50.1 Å². The third-order valence-electron chi connectivity index (χ3n) is 4.21. The van der Waals surface area contributed by atoms with E-state index in [1.807, 2.05) is 4.98 Å². The second-order valence-electron chi connectivity index (χ2n) is 5.92. The third-order valence-corrected chi connectivity index (χ3v) is 5.81. The van der Waals surface area contributed by atoms with Gasteiger partial charge in [-0.15, -0.1) is 0 Å². The minimum Gasteiger partial charge on any atom is -0.387 e. The monoisotopic (exact) mass is 393 g/mol. The highest BCUT2D eigenvalue weighted by atomic mass is 31.2. The number of hydrogen-bond donors (Lipinski definition) is 4. The molecule has 146 valence electrons. The summed E-state index contributed by atoms with van der Waals surface area (Å²) in [6.07, 6.45) is -4.24. The summed E-state index contributed by atoms with van der Waals surface area (Å²) in [6.45, 7) is 0.566. The molecule has 0 aromatic carbocycles. The molecule has 0 aliphatic carbocycles. The third kappa shape index (κ3) is 3.97. The first-order chi connectivity index (χ1) is 12.3. The van der Waals surface area contributed by atoms with Crippen molar-refractivity contribution in [1.82, 2.24) is 14.2 Å². The molecule has 2 aliphatic rings. The highest BCUT2D eigenvalue weighted by molar-refractivity contribution is 7.50. The Morgan fingerprint density at radius 2 is 1.96 bits per heavy atom. The first-order valence-corrected chi connectivity index (χ1v) is 9.46. The van der Waals surface area contributed by atoms with Crippen LogP contribution in [0.15, 0.2) is 21.9 Å². The van der Waals surface area contributed by atoms with Gasteiger partial charge in [0.2, 0.25) is 0 Å². The molecule has 0 saturated carbocycles. The van der Waals surface area contributed by atoms with E-state index in [-0.39, 0.29) is 13.1 Å². The first-order valence-electron chi connectivity index (χ1n) is 7.93. The standard InChI is InChI=1S/C13H20N3O9P/c17-9-1-2-16(13(20)14-9)12-11(19)10(18)8(25-12)7-24-26(21,22)15-3-5-23-6-4-15/h1-2,8,10-12,18-19H,3-7H2,(H,21,22)(H,14,17,20)/t8-,10?,11+,12-/m1/s1. The van der Waals surface area contributed by atoms with E-state index in [4.69, 9.17) is 14.0 Å². The second kappa shape index (κ2) is 7.71. The second-order valence-corrected chi connectivity index (χ2v) is 7.72. The zero-order chi connectivity index (χ0) is 18.9. The summed E-state index contributed by atoms with van der Waals surface area (Å²) in [7, 11) is -4.11. The van der Waals surface area contributed by atoms with Crippen molar-refractivity contribution in [2.24, 2.45) is 0 Å². The van der Waals surface area contributed by atoms with Crippen LogP contribution in [0, 0.1) is 0 Å². The topological polar surface area (TPSA) is 164 Å². The molecule has 1 aromatic rings. The predicted octanol–water partition coefficient (Wildman–Crippen LogP) is -2.39. The molecular weight excluding hydrogens is 373 g/mol. The molecule has 3 heterocycles. The van der Waals surface area contributed by atoms with Crippen LogP contribution < -0.4 is 11.2 Å². The first kappa shape index (κ1) is 19.4. The maximum absolute atomic E-state index is 12.3. The Labute approximate surface area is 147 Å². The fourth-order valence-corrected chi connectivity index (χ4v) is 3.96. The number of nitrogens with zero attached hydrogens (tertiary/aromatic N) is 2. The molecule has 26 heavy (non-hydrogen) atoms. The lowest BCUT2D eigenvalue weighted by Gasteiger charge is -2.30. The van der Waals surface area contributed by atoms with Gasteiger partial charge in [0.25, 0.3) is 5.56 Å². The molecule has 1 aromatic heterocycles. The van der Waals surface area contributed by atoms with Gasteiger partial charge in [0, 0.05) is 25.4 Å².